The number of Topliss-reactive ketones (excluding diaryl/α,β-unsaturated/α-hetero) is 2. The first-order valence-corrected chi connectivity index (χ1v) is 8.21. The van der Waals surface area contributed by atoms with E-state index in [1.807, 2.05) is 51.1 Å². The quantitative estimate of drug-likeness (QED) is 0.655. The molecule has 1 aliphatic carbocycles. The van der Waals surface area contributed by atoms with Crippen LogP contribution in [0.2, 0.25) is 0 Å². The van der Waals surface area contributed by atoms with Crippen LogP contribution in [0.4, 0.5) is 5.69 Å². The summed E-state index contributed by atoms with van der Waals surface area (Å²) in [5.41, 5.74) is 2.27. The van der Waals surface area contributed by atoms with E-state index in [2.05, 4.69) is 12.2 Å². The number of allylic oxidation sites excluding steroid dienone is 2. The molecule has 1 saturated carbocycles. The number of hydrogen-bond acceptors (Lipinski definition) is 3. The van der Waals surface area contributed by atoms with Crippen LogP contribution >= 0.6 is 0 Å². The van der Waals surface area contributed by atoms with Gasteiger partial charge in [-0.2, -0.15) is 0 Å². The average Bonchev–Trinajstić information content (AvgIpc) is 2.44. The molecular weight excluding hydrogens is 286 g/mol. The molecule has 1 fully saturated rings. The zero-order chi connectivity index (χ0) is 17.0. The summed E-state index contributed by atoms with van der Waals surface area (Å²) in [7, 11) is 0. The molecule has 0 amide bonds. The van der Waals surface area contributed by atoms with E-state index in [0.29, 0.717) is 18.4 Å². The lowest BCUT2D eigenvalue weighted by molar-refractivity contribution is -0.127. The number of hydrogen-bond donors (Lipinski definition) is 1. The van der Waals surface area contributed by atoms with Crippen LogP contribution in [-0.2, 0) is 9.59 Å². The van der Waals surface area contributed by atoms with Crippen LogP contribution in [0, 0.1) is 18.3 Å². The van der Waals surface area contributed by atoms with Crippen LogP contribution < -0.4 is 5.32 Å². The van der Waals surface area contributed by atoms with Crippen LogP contribution in [0.15, 0.2) is 35.9 Å². The molecule has 0 aromatic heterocycles. The number of anilines is 1. The van der Waals surface area contributed by atoms with Gasteiger partial charge in [-0.1, -0.05) is 39.0 Å². The SMILES string of the molecule is [CH2]c1ccc(NCCC(C)C=C2C(=O)CC(C)(C)CC2=O)cc1. The molecule has 3 nitrogen and oxygen atoms in total. The number of carbonyl (C=O) groups is 2. The monoisotopic (exact) mass is 312 g/mol. The predicted octanol–water partition coefficient (Wildman–Crippen LogP) is 4.19. The molecule has 0 spiro atoms. The van der Waals surface area contributed by atoms with E-state index in [1.165, 1.54) is 0 Å². The summed E-state index contributed by atoms with van der Waals surface area (Å²) in [5.74, 6) is 0.188. The fourth-order valence-corrected chi connectivity index (χ4v) is 2.90. The van der Waals surface area contributed by atoms with Gasteiger partial charge in [-0.15, -0.1) is 0 Å². The zero-order valence-electron chi connectivity index (χ0n) is 14.3. The van der Waals surface area contributed by atoms with Crippen molar-refractivity contribution in [3.05, 3.63) is 48.4 Å². The van der Waals surface area contributed by atoms with E-state index in [4.69, 9.17) is 0 Å². The molecule has 1 atom stereocenters. The molecule has 0 bridgehead atoms. The van der Waals surface area contributed by atoms with Crippen LogP contribution in [0.1, 0.15) is 45.6 Å². The second kappa shape index (κ2) is 7.12. The lowest BCUT2D eigenvalue weighted by Gasteiger charge is -2.28. The fourth-order valence-electron chi connectivity index (χ4n) is 2.90. The fraction of sp³-hybridized carbons (Fsp3) is 0.450. The van der Waals surface area contributed by atoms with Gasteiger partial charge in [0.05, 0.1) is 5.57 Å². The van der Waals surface area contributed by atoms with E-state index in [1.54, 1.807) is 0 Å². The lowest BCUT2D eigenvalue weighted by atomic mass is 9.73. The van der Waals surface area contributed by atoms with Crippen LogP contribution in [0.25, 0.3) is 0 Å². The van der Waals surface area contributed by atoms with Crippen LogP contribution in [0.3, 0.4) is 0 Å². The summed E-state index contributed by atoms with van der Waals surface area (Å²) in [6.07, 6.45) is 3.67. The largest absolute Gasteiger partial charge is 0.385 e. The lowest BCUT2D eigenvalue weighted by Crippen LogP contribution is -2.31. The number of benzene rings is 1. The molecule has 0 aliphatic heterocycles. The Kier molecular flexibility index (Phi) is 5.40. The molecule has 1 N–H and O–H groups in total. The Morgan fingerprint density at radius 3 is 2.30 bits per heavy atom. The summed E-state index contributed by atoms with van der Waals surface area (Å²) < 4.78 is 0. The molecule has 1 radical (unpaired) electrons. The first-order chi connectivity index (χ1) is 10.8. The predicted molar refractivity (Wildman–Crippen MR) is 94.3 cm³/mol. The Balaban J connectivity index is 1.88. The summed E-state index contributed by atoms with van der Waals surface area (Å²) in [6, 6.07) is 7.94. The molecule has 1 aromatic rings. The highest BCUT2D eigenvalue weighted by Gasteiger charge is 2.35. The van der Waals surface area contributed by atoms with Crippen molar-refractivity contribution in [1.29, 1.82) is 0 Å². The van der Waals surface area contributed by atoms with Crippen LogP contribution in [0.5, 0.6) is 0 Å². The van der Waals surface area contributed by atoms with E-state index < -0.39 is 0 Å². The van der Waals surface area contributed by atoms with Crippen molar-refractivity contribution in [2.45, 2.75) is 40.0 Å². The van der Waals surface area contributed by atoms with Gasteiger partial charge in [-0.25, -0.2) is 0 Å². The molecule has 1 aliphatic rings. The molecule has 1 aromatic carbocycles. The second-order valence-corrected chi connectivity index (χ2v) is 7.33. The normalized spacial score (nSPS) is 18.7. The Labute approximate surface area is 139 Å². The third kappa shape index (κ3) is 5.05. The Bertz CT molecular complexity index is 589. The van der Waals surface area contributed by atoms with Crippen molar-refractivity contribution >= 4 is 17.3 Å². The van der Waals surface area contributed by atoms with E-state index in [-0.39, 0.29) is 22.9 Å². The van der Waals surface area contributed by atoms with Crippen molar-refractivity contribution in [1.82, 2.24) is 0 Å². The van der Waals surface area contributed by atoms with Crippen molar-refractivity contribution in [3.8, 4) is 0 Å². The van der Waals surface area contributed by atoms with Crippen molar-refractivity contribution in [2.75, 3.05) is 11.9 Å². The van der Waals surface area contributed by atoms with Crippen molar-refractivity contribution < 1.29 is 9.59 Å². The first-order valence-electron chi connectivity index (χ1n) is 8.21. The van der Waals surface area contributed by atoms with E-state index in [9.17, 15) is 9.59 Å². The second-order valence-electron chi connectivity index (χ2n) is 7.33. The maximum absolute atomic E-state index is 12.2. The van der Waals surface area contributed by atoms with Gasteiger partial charge in [0.1, 0.15) is 0 Å². The number of nitrogens with one attached hydrogen (secondary N) is 1. The van der Waals surface area contributed by atoms with Gasteiger partial charge < -0.3 is 5.32 Å². The maximum atomic E-state index is 12.2. The standard InChI is InChI=1S/C20H26NO2/c1-14-5-7-16(8-6-14)21-10-9-15(2)11-17-18(22)12-20(3,4)13-19(17)23/h5-8,11,15,21H,1,9-10,12-13H2,2-4H3. The van der Waals surface area contributed by atoms with Gasteiger partial charge in [-0.05, 0) is 42.4 Å². The minimum absolute atomic E-state index is 0.00269. The summed E-state index contributed by atoms with van der Waals surface area (Å²) in [5, 5.41) is 3.35. The van der Waals surface area contributed by atoms with Gasteiger partial charge >= 0.3 is 0 Å². The molecule has 1 unspecified atom stereocenters. The number of rotatable bonds is 5. The minimum Gasteiger partial charge on any atom is -0.385 e. The first kappa shape index (κ1) is 17.5. The summed E-state index contributed by atoms with van der Waals surface area (Å²) in [4.78, 5) is 24.3. The molecule has 2 rings (SSSR count). The Morgan fingerprint density at radius 2 is 1.74 bits per heavy atom. The maximum Gasteiger partial charge on any atom is 0.166 e. The van der Waals surface area contributed by atoms with Gasteiger partial charge in [0.15, 0.2) is 11.6 Å². The molecule has 0 saturated heterocycles. The molecule has 0 heterocycles. The van der Waals surface area contributed by atoms with Gasteiger partial charge in [0, 0.05) is 25.1 Å². The molecular formula is C20H26NO2. The third-order valence-electron chi connectivity index (χ3n) is 4.21. The number of carbonyl (C=O) groups excluding carboxylic acids is 2. The summed E-state index contributed by atoms with van der Waals surface area (Å²) in [6.45, 7) is 10.7. The van der Waals surface area contributed by atoms with Gasteiger partial charge in [-0.3, -0.25) is 9.59 Å². The Morgan fingerprint density at radius 1 is 1.17 bits per heavy atom. The van der Waals surface area contributed by atoms with E-state index in [0.717, 1.165) is 24.2 Å². The summed E-state index contributed by atoms with van der Waals surface area (Å²) >= 11 is 0. The zero-order valence-corrected chi connectivity index (χ0v) is 14.3. The minimum atomic E-state index is -0.198. The molecule has 123 valence electrons. The molecule has 3 heteroatoms. The van der Waals surface area contributed by atoms with Crippen LogP contribution in [-0.4, -0.2) is 18.1 Å². The van der Waals surface area contributed by atoms with Crippen molar-refractivity contribution in [3.63, 3.8) is 0 Å². The smallest absolute Gasteiger partial charge is 0.166 e. The van der Waals surface area contributed by atoms with E-state index >= 15 is 0 Å². The Hall–Kier alpha value is -1.90. The highest BCUT2D eigenvalue weighted by Crippen LogP contribution is 2.34. The van der Waals surface area contributed by atoms with Gasteiger partial charge in [0.25, 0.3) is 0 Å². The third-order valence-corrected chi connectivity index (χ3v) is 4.21. The number of ketones is 2. The highest BCUT2D eigenvalue weighted by atomic mass is 16.1. The highest BCUT2D eigenvalue weighted by molar-refractivity contribution is 6.22. The average molecular weight is 312 g/mol. The molecule has 23 heavy (non-hydrogen) atoms. The van der Waals surface area contributed by atoms with Crippen molar-refractivity contribution in [2.24, 2.45) is 11.3 Å². The van der Waals surface area contributed by atoms with Gasteiger partial charge in [0.2, 0.25) is 0 Å². The topological polar surface area (TPSA) is 46.2 Å².